The Bertz CT molecular complexity index is 667. The molecule has 3 aliphatic rings. The van der Waals surface area contributed by atoms with Crippen molar-refractivity contribution in [2.75, 3.05) is 53.4 Å². The summed E-state index contributed by atoms with van der Waals surface area (Å²) in [5.41, 5.74) is 1.45. The molecule has 0 saturated carbocycles. The zero-order valence-electron chi connectivity index (χ0n) is 18.8. The predicted octanol–water partition coefficient (Wildman–Crippen LogP) is 3.51. The molecule has 1 aromatic rings. The zero-order valence-corrected chi connectivity index (χ0v) is 21.1. The fourth-order valence-corrected chi connectivity index (χ4v) is 5.72. The maximum Gasteiger partial charge on any atom is 0.193 e. The van der Waals surface area contributed by atoms with Crippen molar-refractivity contribution in [2.45, 2.75) is 44.7 Å². The Morgan fingerprint density at radius 2 is 1.83 bits per heavy atom. The molecule has 0 aromatic heterocycles. The molecule has 6 heteroatoms. The number of guanidine groups is 1. The van der Waals surface area contributed by atoms with E-state index in [0.29, 0.717) is 0 Å². The second kappa shape index (κ2) is 11.7. The Labute approximate surface area is 200 Å². The Morgan fingerprint density at radius 3 is 2.60 bits per heavy atom. The minimum atomic E-state index is 0. The van der Waals surface area contributed by atoms with Crippen LogP contribution in [0.15, 0.2) is 35.3 Å². The van der Waals surface area contributed by atoms with Gasteiger partial charge in [-0.2, -0.15) is 0 Å². The monoisotopic (exact) mass is 525 g/mol. The van der Waals surface area contributed by atoms with E-state index in [4.69, 9.17) is 0 Å². The zero-order chi connectivity index (χ0) is 20.1. The topological polar surface area (TPSA) is 34.1 Å². The second-order valence-corrected chi connectivity index (χ2v) is 9.36. The van der Waals surface area contributed by atoms with Crippen LogP contribution in [0, 0.1) is 11.8 Å². The summed E-state index contributed by atoms with van der Waals surface area (Å²) in [5, 5.41) is 3.71. The third-order valence-corrected chi connectivity index (χ3v) is 7.19. The predicted molar refractivity (Wildman–Crippen MR) is 137 cm³/mol. The van der Waals surface area contributed by atoms with Crippen LogP contribution in [0.1, 0.15) is 37.7 Å². The van der Waals surface area contributed by atoms with Crippen molar-refractivity contribution in [1.82, 2.24) is 20.0 Å². The lowest BCUT2D eigenvalue weighted by Gasteiger charge is -2.48. The highest BCUT2D eigenvalue weighted by Crippen LogP contribution is 2.31. The molecule has 5 nitrogen and oxygen atoms in total. The Morgan fingerprint density at radius 1 is 1.03 bits per heavy atom. The minimum absolute atomic E-state index is 0. The second-order valence-electron chi connectivity index (χ2n) is 9.36. The van der Waals surface area contributed by atoms with Crippen LogP contribution in [0.4, 0.5) is 0 Å². The van der Waals surface area contributed by atoms with E-state index < -0.39 is 0 Å². The smallest absolute Gasteiger partial charge is 0.193 e. The van der Waals surface area contributed by atoms with Gasteiger partial charge >= 0.3 is 0 Å². The van der Waals surface area contributed by atoms with Gasteiger partial charge in [0.25, 0.3) is 0 Å². The maximum atomic E-state index is 4.64. The number of piperidine rings is 3. The molecule has 0 aliphatic carbocycles. The summed E-state index contributed by atoms with van der Waals surface area (Å²) in [6.07, 6.45) is 6.60. The van der Waals surface area contributed by atoms with Gasteiger partial charge in [0.1, 0.15) is 0 Å². The Balaban J connectivity index is 0.00000256. The van der Waals surface area contributed by atoms with Crippen LogP contribution in [-0.2, 0) is 6.54 Å². The highest BCUT2D eigenvalue weighted by Gasteiger charge is 2.36. The first-order chi connectivity index (χ1) is 14.2. The normalized spacial score (nSPS) is 28.5. The molecule has 0 spiro atoms. The molecule has 3 aliphatic heterocycles. The van der Waals surface area contributed by atoms with Gasteiger partial charge in [0, 0.05) is 45.8 Å². The quantitative estimate of drug-likeness (QED) is 0.371. The van der Waals surface area contributed by atoms with E-state index in [2.05, 4.69) is 62.4 Å². The van der Waals surface area contributed by atoms with Crippen molar-refractivity contribution in [3.63, 3.8) is 0 Å². The molecule has 1 aromatic carbocycles. The molecule has 0 bridgehead atoms. The van der Waals surface area contributed by atoms with Gasteiger partial charge in [0.2, 0.25) is 0 Å². The van der Waals surface area contributed by atoms with Crippen LogP contribution < -0.4 is 5.32 Å². The molecule has 3 unspecified atom stereocenters. The van der Waals surface area contributed by atoms with Crippen molar-refractivity contribution in [1.29, 1.82) is 0 Å². The number of benzene rings is 1. The number of nitrogens with one attached hydrogen (secondary N) is 1. The van der Waals surface area contributed by atoms with Gasteiger partial charge in [-0.3, -0.25) is 9.89 Å². The molecule has 0 radical (unpaired) electrons. The number of hydrogen-bond donors (Lipinski definition) is 1. The third kappa shape index (κ3) is 6.10. The molecule has 3 heterocycles. The first-order valence-electron chi connectivity index (χ1n) is 11.6. The van der Waals surface area contributed by atoms with Crippen molar-refractivity contribution >= 4 is 29.9 Å². The summed E-state index contributed by atoms with van der Waals surface area (Å²) in [4.78, 5) is 12.4. The number of nitrogens with zero attached hydrogens (tertiary/aromatic N) is 4. The summed E-state index contributed by atoms with van der Waals surface area (Å²) in [5.74, 6) is 2.64. The molecule has 0 amide bonds. The molecular formula is C24H40IN5. The average Bonchev–Trinajstić information content (AvgIpc) is 2.75. The summed E-state index contributed by atoms with van der Waals surface area (Å²) in [6.45, 7) is 8.14. The Kier molecular flexibility index (Phi) is 9.26. The highest BCUT2D eigenvalue weighted by molar-refractivity contribution is 14.0. The molecule has 3 fully saturated rings. The van der Waals surface area contributed by atoms with Gasteiger partial charge in [-0.15, -0.1) is 24.0 Å². The van der Waals surface area contributed by atoms with Crippen LogP contribution in [0.3, 0.4) is 0 Å². The van der Waals surface area contributed by atoms with E-state index in [1.807, 2.05) is 7.05 Å². The van der Waals surface area contributed by atoms with Crippen molar-refractivity contribution in [3.8, 4) is 0 Å². The number of fused-ring (bicyclic) bond motifs is 1. The fraction of sp³-hybridized carbons (Fsp3) is 0.708. The Hall–Kier alpha value is -0.860. The minimum Gasteiger partial charge on any atom is -0.356 e. The van der Waals surface area contributed by atoms with Gasteiger partial charge < -0.3 is 15.1 Å². The molecule has 3 saturated heterocycles. The third-order valence-electron chi connectivity index (χ3n) is 7.19. The summed E-state index contributed by atoms with van der Waals surface area (Å²) < 4.78 is 0. The van der Waals surface area contributed by atoms with Crippen LogP contribution >= 0.6 is 24.0 Å². The van der Waals surface area contributed by atoms with Gasteiger partial charge in [-0.1, -0.05) is 30.3 Å². The van der Waals surface area contributed by atoms with Crippen LogP contribution in [0.25, 0.3) is 0 Å². The van der Waals surface area contributed by atoms with E-state index in [9.17, 15) is 0 Å². The fourth-order valence-electron chi connectivity index (χ4n) is 5.72. The molecule has 30 heavy (non-hydrogen) atoms. The maximum absolute atomic E-state index is 4.64. The van der Waals surface area contributed by atoms with Crippen LogP contribution in [-0.4, -0.2) is 80.1 Å². The lowest BCUT2D eigenvalue weighted by atomic mass is 9.83. The summed E-state index contributed by atoms with van der Waals surface area (Å²) >= 11 is 0. The number of halogens is 1. The summed E-state index contributed by atoms with van der Waals surface area (Å²) in [7, 11) is 4.19. The SMILES string of the molecule is CN=C(NCC1CCCN(C)C1)N1CCC2C(CCCN2Cc2ccccc2)C1.I. The highest BCUT2D eigenvalue weighted by atomic mass is 127. The van der Waals surface area contributed by atoms with E-state index in [1.54, 1.807) is 0 Å². The van der Waals surface area contributed by atoms with E-state index in [1.165, 1.54) is 57.3 Å². The van der Waals surface area contributed by atoms with E-state index in [0.717, 1.165) is 50.0 Å². The first-order valence-corrected chi connectivity index (χ1v) is 11.6. The van der Waals surface area contributed by atoms with Crippen LogP contribution in [0.5, 0.6) is 0 Å². The lowest BCUT2D eigenvalue weighted by Crippen LogP contribution is -2.57. The van der Waals surface area contributed by atoms with Crippen molar-refractivity contribution in [2.24, 2.45) is 16.8 Å². The molecule has 168 valence electrons. The number of rotatable bonds is 4. The largest absolute Gasteiger partial charge is 0.356 e. The van der Waals surface area contributed by atoms with Gasteiger partial charge in [-0.25, -0.2) is 0 Å². The van der Waals surface area contributed by atoms with Crippen molar-refractivity contribution < 1.29 is 0 Å². The lowest BCUT2D eigenvalue weighted by molar-refractivity contribution is 0.0371. The van der Waals surface area contributed by atoms with Gasteiger partial charge in [0.15, 0.2) is 5.96 Å². The number of hydrogen-bond acceptors (Lipinski definition) is 3. The molecule has 1 N–H and O–H groups in total. The molecular weight excluding hydrogens is 485 g/mol. The average molecular weight is 526 g/mol. The molecule has 4 rings (SSSR count). The first kappa shape index (κ1) is 23.8. The number of aliphatic imine (C=N–C) groups is 1. The molecule has 3 atom stereocenters. The standard InChI is InChI=1S/C24H39N5.HI/c1-25-24(26-16-21-10-6-13-27(2)17-21)29-15-12-23-22(19-29)11-7-14-28(23)18-20-8-4-3-5-9-20;/h3-5,8-9,21-23H,6-7,10-19H2,1-2H3,(H,25,26);1H. The van der Waals surface area contributed by atoms with Gasteiger partial charge in [-0.05, 0) is 69.6 Å². The van der Waals surface area contributed by atoms with Gasteiger partial charge in [0.05, 0.1) is 0 Å². The summed E-state index contributed by atoms with van der Waals surface area (Å²) in [6, 6.07) is 11.7. The van der Waals surface area contributed by atoms with E-state index in [-0.39, 0.29) is 24.0 Å². The van der Waals surface area contributed by atoms with Crippen LogP contribution in [0.2, 0.25) is 0 Å². The van der Waals surface area contributed by atoms with E-state index >= 15 is 0 Å². The van der Waals surface area contributed by atoms with Crippen molar-refractivity contribution in [3.05, 3.63) is 35.9 Å². The number of likely N-dealkylation sites (tertiary alicyclic amines) is 3.